The molecule has 2 aromatic rings. The third-order valence-corrected chi connectivity index (χ3v) is 3.00. The van der Waals surface area contributed by atoms with Crippen molar-refractivity contribution in [2.75, 3.05) is 0 Å². The summed E-state index contributed by atoms with van der Waals surface area (Å²) < 4.78 is 13.0. The zero-order valence-corrected chi connectivity index (χ0v) is 9.45. The van der Waals surface area contributed by atoms with Gasteiger partial charge in [0.15, 0.2) is 0 Å². The molecule has 1 aromatic carbocycles. The number of thiazole rings is 1. The summed E-state index contributed by atoms with van der Waals surface area (Å²) in [5, 5.41) is 9.14. The highest BCUT2D eigenvalue weighted by molar-refractivity contribution is 7.15. The molecule has 17 heavy (non-hydrogen) atoms. The van der Waals surface area contributed by atoms with Gasteiger partial charge in [-0.1, -0.05) is 12.1 Å². The lowest BCUT2D eigenvalue weighted by Gasteiger charge is -1.94. The first kappa shape index (κ1) is 11.5. The number of carboxylic acids is 1. The predicted octanol–water partition coefficient (Wildman–Crippen LogP) is 3.05. The van der Waals surface area contributed by atoms with Crippen LogP contribution in [0.1, 0.15) is 4.88 Å². The fourth-order valence-electron chi connectivity index (χ4n) is 1.27. The highest BCUT2D eigenvalue weighted by atomic mass is 32.1. The summed E-state index contributed by atoms with van der Waals surface area (Å²) in [4.78, 5) is 15.2. The first-order chi connectivity index (χ1) is 8.15. The summed E-state index contributed by atoms with van der Waals surface area (Å²) in [6.07, 6.45) is 4.07. The molecule has 0 atom stereocenters. The van der Waals surface area contributed by atoms with Gasteiger partial charge in [-0.25, -0.2) is 14.2 Å². The number of nitrogens with zero attached hydrogens (tertiary/aromatic N) is 1. The largest absolute Gasteiger partial charge is 0.478 e. The molecular formula is C12H8FNO2S. The first-order valence-electron chi connectivity index (χ1n) is 4.78. The van der Waals surface area contributed by atoms with Crippen LogP contribution in [-0.2, 0) is 4.79 Å². The van der Waals surface area contributed by atoms with Gasteiger partial charge in [-0.15, -0.1) is 11.3 Å². The third kappa shape index (κ3) is 2.98. The van der Waals surface area contributed by atoms with Crippen molar-refractivity contribution < 1.29 is 14.3 Å². The van der Waals surface area contributed by atoms with Gasteiger partial charge < -0.3 is 5.11 Å². The van der Waals surface area contributed by atoms with E-state index in [9.17, 15) is 9.18 Å². The Bertz CT molecular complexity index is 577. The number of carbonyl (C=O) groups is 1. The van der Waals surface area contributed by atoms with Crippen molar-refractivity contribution in [2.45, 2.75) is 0 Å². The van der Waals surface area contributed by atoms with Gasteiger partial charge >= 0.3 is 5.97 Å². The standard InChI is InChI=1S/C12H8FNO2S/c13-9-3-1-2-8(6-9)12-14-7-10(17-12)4-5-11(15)16/h1-7H,(H,15,16)/b5-4+. The van der Waals surface area contributed by atoms with E-state index < -0.39 is 5.97 Å². The van der Waals surface area contributed by atoms with E-state index in [0.717, 1.165) is 6.08 Å². The summed E-state index contributed by atoms with van der Waals surface area (Å²) >= 11 is 1.31. The van der Waals surface area contributed by atoms with Gasteiger partial charge in [0.25, 0.3) is 0 Å². The van der Waals surface area contributed by atoms with E-state index in [2.05, 4.69) is 4.98 Å². The van der Waals surface area contributed by atoms with Crippen LogP contribution in [0.2, 0.25) is 0 Å². The van der Waals surface area contributed by atoms with Gasteiger partial charge in [-0.05, 0) is 18.2 Å². The average molecular weight is 249 g/mol. The smallest absolute Gasteiger partial charge is 0.328 e. The van der Waals surface area contributed by atoms with Gasteiger partial charge in [-0.2, -0.15) is 0 Å². The van der Waals surface area contributed by atoms with Crippen molar-refractivity contribution in [2.24, 2.45) is 0 Å². The number of halogens is 1. The van der Waals surface area contributed by atoms with Crippen LogP contribution >= 0.6 is 11.3 Å². The Morgan fingerprint density at radius 3 is 3.00 bits per heavy atom. The Labute approximate surface area is 101 Å². The lowest BCUT2D eigenvalue weighted by Crippen LogP contribution is -1.84. The molecule has 0 aliphatic heterocycles. The molecule has 0 bridgehead atoms. The van der Waals surface area contributed by atoms with Gasteiger partial charge in [-0.3, -0.25) is 0 Å². The lowest BCUT2D eigenvalue weighted by molar-refractivity contribution is -0.131. The van der Waals surface area contributed by atoms with Gasteiger partial charge in [0, 0.05) is 22.7 Å². The Morgan fingerprint density at radius 2 is 2.29 bits per heavy atom. The fraction of sp³-hybridized carbons (Fsp3) is 0. The summed E-state index contributed by atoms with van der Waals surface area (Å²) in [7, 11) is 0. The van der Waals surface area contributed by atoms with Crippen LogP contribution in [0.3, 0.4) is 0 Å². The lowest BCUT2D eigenvalue weighted by atomic mass is 10.2. The molecule has 3 nitrogen and oxygen atoms in total. The second kappa shape index (κ2) is 4.88. The molecule has 0 saturated carbocycles. The number of aromatic nitrogens is 1. The summed E-state index contributed by atoms with van der Waals surface area (Å²) in [6.45, 7) is 0. The Morgan fingerprint density at radius 1 is 1.47 bits per heavy atom. The maximum absolute atomic E-state index is 13.0. The molecule has 0 aliphatic carbocycles. The predicted molar refractivity (Wildman–Crippen MR) is 64.2 cm³/mol. The number of carboxylic acid groups (broad SMARTS) is 1. The molecule has 0 saturated heterocycles. The number of hydrogen-bond donors (Lipinski definition) is 1. The average Bonchev–Trinajstić information content (AvgIpc) is 2.75. The normalized spacial score (nSPS) is 10.9. The number of hydrogen-bond acceptors (Lipinski definition) is 3. The fourth-order valence-corrected chi connectivity index (χ4v) is 2.09. The van der Waals surface area contributed by atoms with E-state index in [0.29, 0.717) is 15.4 Å². The SMILES string of the molecule is O=C(O)/C=C/c1cnc(-c2cccc(F)c2)s1. The zero-order chi connectivity index (χ0) is 12.3. The Balaban J connectivity index is 2.27. The highest BCUT2D eigenvalue weighted by Crippen LogP contribution is 2.26. The second-order valence-electron chi connectivity index (χ2n) is 3.25. The van der Waals surface area contributed by atoms with Crippen LogP contribution < -0.4 is 0 Å². The molecule has 86 valence electrons. The van der Waals surface area contributed by atoms with Crippen LogP contribution in [0, 0.1) is 5.82 Å². The minimum absolute atomic E-state index is 0.319. The maximum Gasteiger partial charge on any atom is 0.328 e. The number of aliphatic carboxylic acids is 1. The van der Waals surface area contributed by atoms with Crippen molar-refractivity contribution in [3.05, 3.63) is 47.2 Å². The monoisotopic (exact) mass is 249 g/mol. The van der Waals surface area contributed by atoms with E-state index in [-0.39, 0.29) is 5.82 Å². The Hall–Kier alpha value is -2.01. The number of rotatable bonds is 3. The first-order valence-corrected chi connectivity index (χ1v) is 5.59. The molecule has 1 N–H and O–H groups in total. The minimum atomic E-state index is -1.01. The molecule has 0 fully saturated rings. The zero-order valence-electron chi connectivity index (χ0n) is 8.63. The molecule has 0 amide bonds. The molecule has 1 aromatic heterocycles. The Kier molecular flexibility index (Phi) is 3.30. The van der Waals surface area contributed by atoms with Crippen molar-refractivity contribution in [3.8, 4) is 10.6 Å². The minimum Gasteiger partial charge on any atom is -0.478 e. The van der Waals surface area contributed by atoms with E-state index in [1.165, 1.54) is 29.5 Å². The molecular weight excluding hydrogens is 241 g/mol. The number of benzene rings is 1. The summed E-state index contributed by atoms with van der Waals surface area (Å²) in [5.41, 5.74) is 0.685. The van der Waals surface area contributed by atoms with Crippen LogP contribution in [0.15, 0.2) is 36.5 Å². The van der Waals surface area contributed by atoms with Gasteiger partial charge in [0.2, 0.25) is 0 Å². The molecule has 0 unspecified atom stereocenters. The van der Waals surface area contributed by atoms with Crippen molar-refractivity contribution in [1.29, 1.82) is 0 Å². The summed E-state index contributed by atoms with van der Waals surface area (Å²) in [6, 6.07) is 6.12. The highest BCUT2D eigenvalue weighted by Gasteiger charge is 2.04. The molecule has 0 radical (unpaired) electrons. The third-order valence-electron chi connectivity index (χ3n) is 1.99. The van der Waals surface area contributed by atoms with Crippen LogP contribution in [0.25, 0.3) is 16.6 Å². The van der Waals surface area contributed by atoms with E-state index in [4.69, 9.17) is 5.11 Å². The maximum atomic E-state index is 13.0. The van der Waals surface area contributed by atoms with Crippen molar-refractivity contribution in [3.63, 3.8) is 0 Å². The molecule has 2 rings (SSSR count). The van der Waals surface area contributed by atoms with E-state index in [1.807, 2.05) is 0 Å². The summed E-state index contributed by atoms with van der Waals surface area (Å²) in [5.74, 6) is -1.33. The molecule has 0 aliphatic rings. The van der Waals surface area contributed by atoms with Crippen LogP contribution in [-0.4, -0.2) is 16.1 Å². The topological polar surface area (TPSA) is 50.2 Å². The van der Waals surface area contributed by atoms with Gasteiger partial charge in [0.05, 0.1) is 0 Å². The quantitative estimate of drug-likeness (QED) is 0.850. The molecule has 5 heteroatoms. The van der Waals surface area contributed by atoms with E-state index >= 15 is 0 Å². The molecule has 1 heterocycles. The molecule has 0 spiro atoms. The van der Waals surface area contributed by atoms with Gasteiger partial charge in [0.1, 0.15) is 10.8 Å². The van der Waals surface area contributed by atoms with E-state index in [1.54, 1.807) is 18.3 Å². The van der Waals surface area contributed by atoms with Crippen LogP contribution in [0.5, 0.6) is 0 Å². The van der Waals surface area contributed by atoms with Crippen LogP contribution in [0.4, 0.5) is 4.39 Å². The van der Waals surface area contributed by atoms with Crippen molar-refractivity contribution in [1.82, 2.24) is 4.98 Å². The van der Waals surface area contributed by atoms with Crippen molar-refractivity contribution >= 4 is 23.4 Å². The second-order valence-corrected chi connectivity index (χ2v) is 4.31.